The van der Waals surface area contributed by atoms with E-state index in [1.54, 1.807) is 0 Å². The van der Waals surface area contributed by atoms with E-state index in [1.807, 2.05) is 30.3 Å². The predicted molar refractivity (Wildman–Crippen MR) is 79.3 cm³/mol. The summed E-state index contributed by atoms with van der Waals surface area (Å²) in [6, 6.07) is 11.0. The maximum absolute atomic E-state index is 11.8. The summed E-state index contributed by atoms with van der Waals surface area (Å²) in [5.41, 5.74) is 0.923. The lowest BCUT2D eigenvalue weighted by Gasteiger charge is -2.08. The molecule has 1 aliphatic rings. The van der Waals surface area contributed by atoms with Crippen molar-refractivity contribution >= 4 is 23.5 Å². The molecule has 0 atom stereocenters. The summed E-state index contributed by atoms with van der Waals surface area (Å²) >= 11 is 5.94. The number of aromatic nitrogens is 2. The molecule has 0 radical (unpaired) electrons. The van der Waals surface area contributed by atoms with Crippen molar-refractivity contribution in [3.63, 3.8) is 0 Å². The predicted octanol–water partition coefficient (Wildman–Crippen LogP) is 3.76. The van der Waals surface area contributed by atoms with Crippen LogP contribution in [-0.4, -0.2) is 16.1 Å². The summed E-state index contributed by atoms with van der Waals surface area (Å²) in [4.78, 5) is 20.2. The van der Waals surface area contributed by atoms with Crippen LogP contribution in [-0.2, 0) is 11.3 Å². The Kier molecular flexibility index (Phi) is 4.01. The molecule has 3 rings (SSSR count). The molecule has 1 heterocycles. The molecular weight excluding hydrogens is 290 g/mol. The molecule has 1 N–H and O–H groups in total. The lowest BCUT2D eigenvalue weighted by Crippen LogP contribution is -2.15. The zero-order chi connectivity index (χ0) is 14.7. The maximum Gasteiger partial charge on any atom is 0.413 e. The summed E-state index contributed by atoms with van der Waals surface area (Å²) in [5.74, 6) is 1.42. The molecule has 0 aliphatic heterocycles. The average Bonchev–Trinajstić information content (AvgIpc) is 3.30. The standard InChI is InChI=1S/C15H14ClN3O2/c16-12-8-13(18-14(17-12)11-6-7-11)19-15(20)21-9-10-4-2-1-3-5-10/h1-5,8,11H,6-7,9H2,(H,17,18,19,20). The van der Waals surface area contributed by atoms with Crippen LogP contribution in [0.5, 0.6) is 0 Å². The third kappa shape index (κ3) is 3.92. The monoisotopic (exact) mass is 303 g/mol. The first-order chi connectivity index (χ1) is 10.2. The highest BCUT2D eigenvalue weighted by molar-refractivity contribution is 6.29. The molecule has 1 aliphatic carbocycles. The molecule has 1 fully saturated rings. The number of rotatable bonds is 4. The normalized spacial score (nSPS) is 13.8. The number of hydrogen-bond donors (Lipinski definition) is 1. The number of halogens is 1. The highest BCUT2D eigenvalue weighted by atomic mass is 35.5. The number of ether oxygens (including phenoxy) is 1. The topological polar surface area (TPSA) is 64.1 Å². The summed E-state index contributed by atoms with van der Waals surface area (Å²) in [6.45, 7) is 0.209. The second-order valence-corrected chi connectivity index (χ2v) is 5.28. The summed E-state index contributed by atoms with van der Waals surface area (Å²) < 4.78 is 5.13. The van der Waals surface area contributed by atoms with E-state index >= 15 is 0 Å². The Morgan fingerprint density at radius 1 is 1.29 bits per heavy atom. The van der Waals surface area contributed by atoms with Crippen LogP contribution in [0.4, 0.5) is 10.6 Å². The van der Waals surface area contributed by atoms with Gasteiger partial charge in [0, 0.05) is 12.0 Å². The van der Waals surface area contributed by atoms with Gasteiger partial charge in [-0.2, -0.15) is 0 Å². The minimum Gasteiger partial charge on any atom is -0.444 e. The van der Waals surface area contributed by atoms with Crippen LogP contribution in [0.15, 0.2) is 36.4 Å². The van der Waals surface area contributed by atoms with Gasteiger partial charge >= 0.3 is 6.09 Å². The van der Waals surface area contributed by atoms with Crippen LogP contribution in [0.25, 0.3) is 0 Å². The smallest absolute Gasteiger partial charge is 0.413 e. The second kappa shape index (κ2) is 6.10. The summed E-state index contributed by atoms with van der Waals surface area (Å²) in [6.07, 6.45) is 1.58. The Balaban J connectivity index is 1.59. The minimum absolute atomic E-state index is 0.209. The molecule has 0 spiro atoms. The number of hydrogen-bond acceptors (Lipinski definition) is 4. The molecule has 1 aromatic carbocycles. The van der Waals surface area contributed by atoms with E-state index in [9.17, 15) is 4.79 Å². The second-order valence-electron chi connectivity index (χ2n) is 4.90. The van der Waals surface area contributed by atoms with Gasteiger partial charge in [0.05, 0.1) is 0 Å². The van der Waals surface area contributed by atoms with Gasteiger partial charge in [0.25, 0.3) is 0 Å². The Morgan fingerprint density at radius 2 is 2.05 bits per heavy atom. The quantitative estimate of drug-likeness (QED) is 0.874. The molecule has 2 aromatic rings. The molecule has 0 saturated heterocycles. The molecule has 0 bridgehead atoms. The molecule has 5 nitrogen and oxygen atoms in total. The van der Waals surface area contributed by atoms with E-state index in [1.165, 1.54) is 6.07 Å². The van der Waals surface area contributed by atoms with Gasteiger partial charge in [-0.15, -0.1) is 0 Å². The lowest BCUT2D eigenvalue weighted by atomic mass is 10.2. The molecule has 21 heavy (non-hydrogen) atoms. The van der Waals surface area contributed by atoms with Crippen LogP contribution in [0, 0.1) is 0 Å². The number of carbonyl (C=O) groups excluding carboxylic acids is 1. The fourth-order valence-corrected chi connectivity index (χ4v) is 2.08. The van der Waals surface area contributed by atoms with Gasteiger partial charge in [0.1, 0.15) is 23.4 Å². The first-order valence-electron chi connectivity index (χ1n) is 6.73. The molecule has 1 aromatic heterocycles. The zero-order valence-corrected chi connectivity index (χ0v) is 12.0. The Labute approximate surface area is 127 Å². The fourth-order valence-electron chi connectivity index (χ4n) is 1.89. The SMILES string of the molecule is O=C(Nc1cc(Cl)nc(C2CC2)n1)OCc1ccccc1. The van der Waals surface area contributed by atoms with Crippen LogP contribution in [0.3, 0.4) is 0 Å². The van der Waals surface area contributed by atoms with Crippen molar-refractivity contribution in [1.82, 2.24) is 9.97 Å². The number of anilines is 1. The summed E-state index contributed by atoms with van der Waals surface area (Å²) in [5, 5.41) is 2.90. The minimum atomic E-state index is -0.560. The number of nitrogens with zero attached hydrogens (tertiary/aromatic N) is 2. The first kappa shape index (κ1) is 13.8. The lowest BCUT2D eigenvalue weighted by molar-refractivity contribution is 0.155. The molecular formula is C15H14ClN3O2. The Bertz CT molecular complexity index is 645. The third-order valence-corrected chi connectivity index (χ3v) is 3.29. The van der Waals surface area contributed by atoms with Crippen LogP contribution < -0.4 is 5.32 Å². The largest absolute Gasteiger partial charge is 0.444 e. The molecule has 0 unspecified atom stereocenters. The van der Waals surface area contributed by atoms with E-state index < -0.39 is 6.09 Å². The van der Waals surface area contributed by atoms with E-state index in [2.05, 4.69) is 15.3 Å². The van der Waals surface area contributed by atoms with Gasteiger partial charge in [0.2, 0.25) is 0 Å². The van der Waals surface area contributed by atoms with Crippen molar-refractivity contribution in [3.8, 4) is 0 Å². The molecule has 1 amide bonds. The van der Waals surface area contributed by atoms with E-state index in [0.717, 1.165) is 18.4 Å². The van der Waals surface area contributed by atoms with Crippen LogP contribution in [0.1, 0.15) is 30.1 Å². The van der Waals surface area contributed by atoms with Crippen molar-refractivity contribution in [2.45, 2.75) is 25.4 Å². The Hall–Kier alpha value is -2.14. The van der Waals surface area contributed by atoms with Crippen molar-refractivity contribution < 1.29 is 9.53 Å². The van der Waals surface area contributed by atoms with Gasteiger partial charge in [-0.3, -0.25) is 5.32 Å². The Morgan fingerprint density at radius 3 is 2.76 bits per heavy atom. The third-order valence-electron chi connectivity index (χ3n) is 3.10. The van der Waals surface area contributed by atoms with Gasteiger partial charge in [-0.05, 0) is 18.4 Å². The van der Waals surface area contributed by atoms with E-state index in [-0.39, 0.29) is 6.61 Å². The van der Waals surface area contributed by atoms with Crippen molar-refractivity contribution in [2.24, 2.45) is 0 Å². The number of carbonyl (C=O) groups is 1. The summed E-state index contributed by atoms with van der Waals surface area (Å²) in [7, 11) is 0. The van der Waals surface area contributed by atoms with Gasteiger partial charge in [-0.1, -0.05) is 41.9 Å². The average molecular weight is 304 g/mol. The fraction of sp³-hybridized carbons (Fsp3) is 0.267. The molecule has 108 valence electrons. The maximum atomic E-state index is 11.8. The van der Waals surface area contributed by atoms with Crippen molar-refractivity contribution in [2.75, 3.05) is 5.32 Å². The zero-order valence-electron chi connectivity index (χ0n) is 11.3. The van der Waals surface area contributed by atoms with Crippen LogP contribution in [0.2, 0.25) is 5.15 Å². The first-order valence-corrected chi connectivity index (χ1v) is 7.11. The van der Waals surface area contributed by atoms with Gasteiger partial charge < -0.3 is 4.74 Å². The van der Waals surface area contributed by atoms with Gasteiger partial charge in [0.15, 0.2) is 0 Å². The van der Waals surface area contributed by atoms with Crippen LogP contribution >= 0.6 is 11.6 Å². The van der Waals surface area contributed by atoms with Crippen molar-refractivity contribution in [1.29, 1.82) is 0 Å². The van der Waals surface area contributed by atoms with Crippen molar-refractivity contribution in [3.05, 3.63) is 52.9 Å². The van der Waals surface area contributed by atoms with E-state index in [4.69, 9.17) is 16.3 Å². The number of nitrogens with one attached hydrogen (secondary N) is 1. The highest BCUT2D eigenvalue weighted by Gasteiger charge is 2.27. The van der Waals surface area contributed by atoms with Gasteiger partial charge in [-0.25, -0.2) is 14.8 Å². The van der Waals surface area contributed by atoms with E-state index in [0.29, 0.717) is 22.7 Å². The molecule has 1 saturated carbocycles. The number of benzene rings is 1. The molecule has 6 heteroatoms. The number of amides is 1. The highest BCUT2D eigenvalue weighted by Crippen LogP contribution is 2.38.